The van der Waals surface area contributed by atoms with Crippen molar-refractivity contribution in [2.45, 2.75) is 66.0 Å². The minimum atomic E-state index is -0.716. The van der Waals surface area contributed by atoms with Crippen LogP contribution in [0.3, 0.4) is 0 Å². The number of hydrogen-bond acceptors (Lipinski definition) is 6. The number of carbonyl (C=O) groups is 2. The zero-order valence-electron chi connectivity index (χ0n) is 23.4. The van der Waals surface area contributed by atoms with Crippen molar-refractivity contribution in [2.24, 2.45) is 0 Å². The topological polar surface area (TPSA) is 79.3 Å². The molecule has 0 saturated carbocycles. The van der Waals surface area contributed by atoms with Crippen LogP contribution in [-0.2, 0) is 9.59 Å². The summed E-state index contributed by atoms with van der Waals surface area (Å²) in [5.74, 6) is -0.118. The zero-order valence-corrected chi connectivity index (χ0v) is 23.4. The highest BCUT2D eigenvalue weighted by atomic mass is 16.5. The number of ether oxygens (including phenoxy) is 2. The number of nitrogens with zero attached hydrogens (tertiary/aromatic N) is 2. The molecule has 3 rings (SSSR count). The van der Waals surface area contributed by atoms with Gasteiger partial charge in [-0.3, -0.25) is 9.59 Å². The first-order chi connectivity index (χ1) is 18.3. The van der Waals surface area contributed by atoms with Crippen molar-refractivity contribution in [3.63, 3.8) is 0 Å². The molecule has 1 aliphatic heterocycles. The van der Waals surface area contributed by atoms with Gasteiger partial charge in [0.05, 0.1) is 24.3 Å². The summed E-state index contributed by atoms with van der Waals surface area (Å²) in [7, 11) is 0. The Morgan fingerprint density at radius 3 is 2.34 bits per heavy atom. The van der Waals surface area contributed by atoms with Gasteiger partial charge in [0.15, 0.2) is 0 Å². The van der Waals surface area contributed by atoms with E-state index in [2.05, 4.69) is 25.7 Å². The highest BCUT2D eigenvalue weighted by molar-refractivity contribution is 6.46. The van der Waals surface area contributed by atoms with Gasteiger partial charge in [0.25, 0.3) is 11.7 Å². The van der Waals surface area contributed by atoms with E-state index in [9.17, 15) is 14.7 Å². The molecular weight excluding hydrogens is 480 g/mol. The smallest absolute Gasteiger partial charge is 0.295 e. The third kappa shape index (κ3) is 7.16. The minimum absolute atomic E-state index is 0.0259. The number of carbonyl (C=O) groups excluding carboxylic acids is 2. The lowest BCUT2D eigenvalue weighted by Crippen LogP contribution is -2.38. The van der Waals surface area contributed by atoms with E-state index in [0.29, 0.717) is 36.8 Å². The van der Waals surface area contributed by atoms with Crippen molar-refractivity contribution in [1.82, 2.24) is 9.80 Å². The van der Waals surface area contributed by atoms with Crippen molar-refractivity contribution in [3.8, 4) is 11.5 Å². The molecule has 1 unspecified atom stereocenters. The molecule has 0 aliphatic carbocycles. The molecule has 0 aromatic heterocycles. The molecule has 0 spiro atoms. The van der Waals surface area contributed by atoms with E-state index in [1.54, 1.807) is 29.2 Å². The van der Waals surface area contributed by atoms with Gasteiger partial charge < -0.3 is 24.4 Å². The number of aliphatic hydroxyl groups excluding tert-OH is 1. The maximum atomic E-state index is 13.4. The Morgan fingerprint density at radius 1 is 1.00 bits per heavy atom. The van der Waals surface area contributed by atoms with Crippen LogP contribution >= 0.6 is 0 Å². The predicted octanol–water partition coefficient (Wildman–Crippen LogP) is 5.81. The van der Waals surface area contributed by atoms with Crippen molar-refractivity contribution >= 4 is 17.4 Å². The highest BCUT2D eigenvalue weighted by Crippen LogP contribution is 2.40. The van der Waals surface area contributed by atoms with E-state index in [1.807, 2.05) is 38.1 Å². The largest absolute Gasteiger partial charge is 0.507 e. The van der Waals surface area contributed by atoms with Crippen LogP contribution in [0.15, 0.2) is 54.1 Å². The fourth-order valence-corrected chi connectivity index (χ4v) is 4.68. The first kappa shape index (κ1) is 29.2. The van der Waals surface area contributed by atoms with E-state index >= 15 is 0 Å². The molecule has 7 nitrogen and oxygen atoms in total. The molecule has 0 radical (unpaired) electrons. The molecule has 1 amide bonds. The third-order valence-corrected chi connectivity index (χ3v) is 6.78. The normalized spacial score (nSPS) is 17.0. The van der Waals surface area contributed by atoms with Gasteiger partial charge in [-0.1, -0.05) is 45.7 Å². The summed E-state index contributed by atoms with van der Waals surface area (Å²) in [6.07, 6.45) is 3.18. The predicted molar refractivity (Wildman–Crippen MR) is 150 cm³/mol. The second-order valence-electron chi connectivity index (χ2n) is 9.84. The van der Waals surface area contributed by atoms with E-state index < -0.39 is 17.7 Å². The molecule has 0 bridgehead atoms. The van der Waals surface area contributed by atoms with E-state index in [1.165, 1.54) is 0 Å². The van der Waals surface area contributed by atoms with Crippen LogP contribution in [0.5, 0.6) is 11.5 Å². The fraction of sp³-hybridized carbons (Fsp3) is 0.484. The molecule has 206 valence electrons. The van der Waals surface area contributed by atoms with Crippen molar-refractivity contribution in [2.75, 3.05) is 32.8 Å². The molecule has 1 aliphatic rings. The van der Waals surface area contributed by atoms with Gasteiger partial charge in [-0.15, -0.1) is 0 Å². The number of rotatable bonds is 14. The summed E-state index contributed by atoms with van der Waals surface area (Å²) in [6.45, 7) is 13.5. The standard InChI is InChI=1S/C31H42N2O5/c1-6-9-10-20-37-25-16-14-23(15-17-25)29(34)27-28(24-12-11-13-26(21-24)38-22(4)5)33(31(36)30(27)35)19-18-32(7-2)8-3/h11-17,21-22,28,34H,6-10,18-20H2,1-5H3/b29-27-. The number of aliphatic hydroxyl groups is 1. The van der Waals surface area contributed by atoms with Gasteiger partial charge in [0.2, 0.25) is 0 Å². The number of benzene rings is 2. The number of ketones is 1. The van der Waals surface area contributed by atoms with Gasteiger partial charge >= 0.3 is 0 Å². The molecule has 2 aromatic rings. The molecule has 1 atom stereocenters. The number of hydrogen-bond donors (Lipinski definition) is 1. The van der Waals surface area contributed by atoms with Crippen LogP contribution in [0.4, 0.5) is 0 Å². The number of amides is 1. The van der Waals surface area contributed by atoms with Crippen LogP contribution in [0.1, 0.15) is 71.0 Å². The lowest BCUT2D eigenvalue weighted by atomic mass is 9.95. The maximum Gasteiger partial charge on any atom is 0.295 e. The SMILES string of the molecule is CCCCCOc1ccc(/C(O)=C2/C(=O)C(=O)N(CCN(CC)CC)C2c2cccc(OC(C)C)c2)cc1. The zero-order chi connectivity index (χ0) is 27.7. The Kier molecular flexibility index (Phi) is 10.8. The monoisotopic (exact) mass is 522 g/mol. The van der Waals surface area contributed by atoms with Crippen molar-refractivity contribution < 1.29 is 24.2 Å². The molecule has 1 N–H and O–H groups in total. The number of likely N-dealkylation sites (N-methyl/N-ethyl adjacent to an activating group) is 1. The second kappa shape index (κ2) is 14.0. The summed E-state index contributed by atoms with van der Waals surface area (Å²) in [5.41, 5.74) is 1.28. The first-order valence-corrected chi connectivity index (χ1v) is 13.8. The van der Waals surface area contributed by atoms with Gasteiger partial charge in [-0.25, -0.2) is 0 Å². The lowest BCUT2D eigenvalue weighted by Gasteiger charge is -2.28. The summed E-state index contributed by atoms with van der Waals surface area (Å²) in [5, 5.41) is 11.4. The Balaban J connectivity index is 1.99. The molecule has 7 heteroatoms. The second-order valence-corrected chi connectivity index (χ2v) is 9.84. The van der Waals surface area contributed by atoms with Gasteiger partial charge in [-0.2, -0.15) is 0 Å². The lowest BCUT2D eigenvalue weighted by molar-refractivity contribution is -0.140. The van der Waals surface area contributed by atoms with Crippen LogP contribution in [0.2, 0.25) is 0 Å². The first-order valence-electron chi connectivity index (χ1n) is 13.8. The average molecular weight is 523 g/mol. The molecule has 1 heterocycles. The molecule has 1 saturated heterocycles. The minimum Gasteiger partial charge on any atom is -0.507 e. The summed E-state index contributed by atoms with van der Waals surface area (Å²) < 4.78 is 11.7. The third-order valence-electron chi connectivity index (χ3n) is 6.78. The van der Waals surface area contributed by atoms with Crippen molar-refractivity contribution in [3.05, 3.63) is 65.2 Å². The number of unbranched alkanes of at least 4 members (excludes halogenated alkanes) is 2. The van der Waals surface area contributed by atoms with E-state index in [4.69, 9.17) is 9.47 Å². The fourth-order valence-electron chi connectivity index (χ4n) is 4.68. The molecule has 2 aromatic carbocycles. The molecule has 1 fully saturated rings. The van der Waals surface area contributed by atoms with E-state index in [0.717, 1.165) is 37.9 Å². The molecular formula is C31H42N2O5. The summed E-state index contributed by atoms with van der Waals surface area (Å²) in [4.78, 5) is 30.4. The van der Waals surface area contributed by atoms with Crippen LogP contribution < -0.4 is 9.47 Å². The van der Waals surface area contributed by atoms with Crippen LogP contribution in [0, 0.1) is 0 Å². The summed E-state index contributed by atoms with van der Waals surface area (Å²) in [6, 6.07) is 13.7. The van der Waals surface area contributed by atoms with Gasteiger partial charge in [-0.05, 0) is 75.3 Å². The Bertz CT molecular complexity index is 1110. The maximum absolute atomic E-state index is 13.4. The Morgan fingerprint density at radius 2 is 1.71 bits per heavy atom. The number of likely N-dealkylation sites (tertiary alicyclic amines) is 1. The van der Waals surface area contributed by atoms with Gasteiger partial charge in [0.1, 0.15) is 17.3 Å². The Hall–Kier alpha value is -3.32. The quantitative estimate of drug-likeness (QED) is 0.146. The van der Waals surface area contributed by atoms with Crippen molar-refractivity contribution in [1.29, 1.82) is 0 Å². The summed E-state index contributed by atoms with van der Waals surface area (Å²) >= 11 is 0. The highest BCUT2D eigenvalue weighted by Gasteiger charge is 2.46. The van der Waals surface area contributed by atoms with Crippen LogP contribution in [-0.4, -0.2) is 65.5 Å². The average Bonchev–Trinajstić information content (AvgIpc) is 3.16. The number of Topliss-reactive ketones (excluding diaryl/α,β-unsaturated/α-hetero) is 1. The molecule has 38 heavy (non-hydrogen) atoms. The van der Waals surface area contributed by atoms with E-state index in [-0.39, 0.29) is 17.4 Å². The van der Waals surface area contributed by atoms with Gasteiger partial charge in [0, 0.05) is 18.7 Å². The Labute approximate surface area is 227 Å². The van der Waals surface area contributed by atoms with Crippen LogP contribution in [0.25, 0.3) is 5.76 Å².